The Labute approximate surface area is 212 Å². The quantitative estimate of drug-likeness (QED) is 0.0809. The summed E-state index contributed by atoms with van der Waals surface area (Å²) in [5.41, 5.74) is 13.9. The number of carboxylic acid groups (broad SMARTS) is 2. The molecule has 0 aliphatic rings. The van der Waals surface area contributed by atoms with Crippen LogP contribution >= 0.6 is 0 Å². The van der Waals surface area contributed by atoms with Crippen molar-refractivity contribution >= 4 is 35.4 Å². The molecule has 4 atom stereocenters. The van der Waals surface area contributed by atoms with Crippen LogP contribution in [0.3, 0.4) is 0 Å². The number of unbranched alkanes of at least 4 members (excludes halogenated alkanes) is 4. The molecule has 2 unspecified atom stereocenters. The van der Waals surface area contributed by atoms with Crippen molar-refractivity contribution in [3.63, 3.8) is 0 Å². The number of amides is 3. The van der Waals surface area contributed by atoms with Gasteiger partial charge >= 0.3 is 11.9 Å². The van der Waals surface area contributed by atoms with Crippen molar-refractivity contribution in [1.82, 2.24) is 10.6 Å². The number of rotatable bonds is 20. The first-order valence-electron chi connectivity index (χ1n) is 12.6. The molecular formula is C23H41N5O8. The van der Waals surface area contributed by atoms with E-state index < -0.39 is 78.4 Å². The Balaban J connectivity index is 5.53. The number of nitrogens with two attached hydrogens (primary N) is 3. The van der Waals surface area contributed by atoms with Gasteiger partial charge in [-0.1, -0.05) is 32.6 Å². The number of aliphatic carboxylic acids is 2. The van der Waals surface area contributed by atoms with Crippen molar-refractivity contribution in [1.29, 1.82) is 0 Å². The molecule has 0 heterocycles. The fraction of sp³-hybridized carbons (Fsp3) is 0.739. The SMILES string of the molecule is [2H]N(C(=O)[C@H](C)NC(=O)CCCCCCC)[C@H](CCC(=O)O)C(=O)C(N)(CCCC(N)C(N)=O)C(=O)O. The molecule has 206 valence electrons. The van der Waals surface area contributed by atoms with E-state index in [1.807, 2.05) is 0 Å². The van der Waals surface area contributed by atoms with E-state index in [4.69, 9.17) is 23.7 Å². The van der Waals surface area contributed by atoms with Crippen LogP contribution in [-0.2, 0) is 28.8 Å². The third-order valence-electron chi connectivity index (χ3n) is 5.75. The number of nitrogens with one attached hydrogen (secondary N) is 2. The summed E-state index contributed by atoms with van der Waals surface area (Å²) >= 11 is 0. The van der Waals surface area contributed by atoms with Crippen LogP contribution in [0.5, 0.6) is 0 Å². The topological polar surface area (TPSA) is 245 Å². The largest absolute Gasteiger partial charge is 0.481 e. The molecule has 0 fully saturated rings. The smallest absolute Gasteiger partial charge is 0.331 e. The van der Waals surface area contributed by atoms with Crippen LogP contribution in [0.25, 0.3) is 0 Å². The first-order chi connectivity index (χ1) is 17.2. The predicted octanol–water partition coefficient (Wildman–Crippen LogP) is -0.465. The molecule has 36 heavy (non-hydrogen) atoms. The summed E-state index contributed by atoms with van der Waals surface area (Å²) in [6, 6.07) is -4.14. The molecule has 0 radical (unpaired) electrons. The minimum absolute atomic E-state index is 0.0698. The van der Waals surface area contributed by atoms with Crippen molar-refractivity contribution < 1.29 is 40.4 Å². The van der Waals surface area contributed by atoms with E-state index in [0.717, 1.165) is 25.7 Å². The summed E-state index contributed by atoms with van der Waals surface area (Å²) in [5, 5.41) is 21.4. The zero-order valence-corrected chi connectivity index (χ0v) is 21.0. The number of hydrogen-bond acceptors (Lipinski definition) is 8. The van der Waals surface area contributed by atoms with Crippen molar-refractivity contribution in [2.24, 2.45) is 17.2 Å². The Bertz CT molecular complexity index is 827. The third kappa shape index (κ3) is 12.1. The van der Waals surface area contributed by atoms with E-state index in [1.54, 1.807) is 0 Å². The number of Topliss-reactive ketones (excluding diaryl/α,β-unsaturated/α-hetero) is 1. The standard InChI is InChI=1S/C23H41N5O8/c1-3-4-5-6-7-10-17(29)27-14(2)21(34)28-16(11-12-18(30)31)19(32)23(26,22(35)36)13-8-9-15(24)20(25)33/h14-16H,3-13,24,26H2,1-2H3,(H2,25,33)(H,27,29)(H,28,34)(H,30,31)(H,35,36)/t14-,15?,16+,23?/m0/s1/i/hD. The lowest BCUT2D eigenvalue weighted by Gasteiger charge is -2.29. The molecule has 0 rings (SSSR count). The normalized spacial score (nSPS) is 15.5. The molecule has 0 aromatic heterocycles. The van der Waals surface area contributed by atoms with E-state index >= 15 is 0 Å². The summed E-state index contributed by atoms with van der Waals surface area (Å²) in [6.45, 7) is 3.36. The molecular weight excluding hydrogens is 474 g/mol. The van der Waals surface area contributed by atoms with Gasteiger partial charge in [-0.3, -0.25) is 24.0 Å². The molecule has 0 spiro atoms. The lowest BCUT2D eigenvalue weighted by Crippen LogP contribution is -2.62. The molecule has 13 nitrogen and oxygen atoms in total. The molecule has 3 amide bonds. The first-order valence-corrected chi connectivity index (χ1v) is 12.1. The molecule has 10 N–H and O–H groups in total. The lowest BCUT2D eigenvalue weighted by atomic mass is 9.83. The highest BCUT2D eigenvalue weighted by Crippen LogP contribution is 2.18. The van der Waals surface area contributed by atoms with Gasteiger partial charge in [-0.15, -0.1) is 0 Å². The zero-order chi connectivity index (χ0) is 28.8. The number of carbonyl (C=O) groups excluding carboxylic acids is 4. The maximum atomic E-state index is 13.2. The summed E-state index contributed by atoms with van der Waals surface area (Å²) in [5.74, 6) is -6.64. The van der Waals surface area contributed by atoms with Gasteiger partial charge in [0.1, 0.15) is 6.04 Å². The molecule has 0 aromatic carbocycles. The molecule has 13 heteroatoms. The second kappa shape index (κ2) is 16.6. The Hall–Kier alpha value is -3.06. The Morgan fingerprint density at radius 3 is 2.11 bits per heavy atom. The van der Waals surface area contributed by atoms with Crippen LogP contribution in [-0.4, -0.2) is 69.3 Å². The van der Waals surface area contributed by atoms with Gasteiger partial charge in [0.2, 0.25) is 17.7 Å². The Morgan fingerprint density at radius 2 is 1.58 bits per heavy atom. The van der Waals surface area contributed by atoms with Crippen molar-refractivity contribution in [3.8, 4) is 0 Å². The van der Waals surface area contributed by atoms with Crippen molar-refractivity contribution in [2.75, 3.05) is 0 Å². The minimum atomic E-state index is -2.59. The van der Waals surface area contributed by atoms with Crippen LogP contribution < -0.4 is 27.8 Å². The maximum Gasteiger partial charge on any atom is 0.331 e. The number of primary amides is 1. The van der Waals surface area contributed by atoms with E-state index in [9.17, 15) is 33.9 Å². The fourth-order valence-corrected chi connectivity index (χ4v) is 3.42. The Kier molecular flexibility index (Phi) is 14.3. The van der Waals surface area contributed by atoms with E-state index in [0.29, 0.717) is 6.42 Å². The number of carbonyl (C=O) groups is 6. The van der Waals surface area contributed by atoms with Gasteiger partial charge in [0.05, 0.1) is 12.1 Å². The fourth-order valence-electron chi connectivity index (χ4n) is 3.42. The summed E-state index contributed by atoms with van der Waals surface area (Å²) in [7, 11) is 0. The number of hydrogen-bond donors (Lipinski definition) is 7. The van der Waals surface area contributed by atoms with Crippen LogP contribution in [0.2, 0.25) is 1.41 Å². The molecule has 0 aliphatic heterocycles. The summed E-state index contributed by atoms with van der Waals surface area (Å²) in [6.07, 6.45) is 2.80. The van der Waals surface area contributed by atoms with E-state index in [2.05, 4.69) is 12.2 Å². The first kappa shape index (κ1) is 31.0. The van der Waals surface area contributed by atoms with Gasteiger partial charge in [-0.25, -0.2) is 4.79 Å². The van der Waals surface area contributed by atoms with Gasteiger partial charge in [0.25, 0.3) is 0 Å². The number of carboxylic acids is 2. The monoisotopic (exact) mass is 516 g/mol. The minimum Gasteiger partial charge on any atom is -0.481 e. The van der Waals surface area contributed by atoms with Gasteiger partial charge in [0.15, 0.2) is 12.7 Å². The lowest BCUT2D eigenvalue weighted by molar-refractivity contribution is -0.150. The third-order valence-corrected chi connectivity index (χ3v) is 5.75. The highest BCUT2D eigenvalue weighted by Gasteiger charge is 2.45. The van der Waals surface area contributed by atoms with Crippen LogP contribution in [0.1, 0.15) is 84.5 Å². The van der Waals surface area contributed by atoms with E-state index in [1.165, 1.54) is 6.92 Å². The van der Waals surface area contributed by atoms with E-state index in [-0.39, 0.29) is 24.6 Å². The average molecular weight is 517 g/mol. The maximum absolute atomic E-state index is 13.2. The predicted molar refractivity (Wildman–Crippen MR) is 130 cm³/mol. The second-order valence-electron chi connectivity index (χ2n) is 8.91. The summed E-state index contributed by atoms with van der Waals surface area (Å²) < 4.78 is 8.21. The van der Waals surface area contributed by atoms with Gasteiger partial charge < -0.3 is 38.0 Å². The van der Waals surface area contributed by atoms with Crippen molar-refractivity contribution in [3.05, 3.63) is 0 Å². The van der Waals surface area contributed by atoms with Crippen LogP contribution in [0, 0.1) is 0 Å². The van der Waals surface area contributed by atoms with Gasteiger partial charge in [0, 0.05) is 12.8 Å². The molecule has 0 aromatic rings. The van der Waals surface area contributed by atoms with Gasteiger partial charge in [-0.05, 0) is 39.0 Å². The van der Waals surface area contributed by atoms with Crippen LogP contribution in [0.4, 0.5) is 0 Å². The highest BCUT2D eigenvalue weighted by molar-refractivity contribution is 6.11. The zero-order valence-electron chi connectivity index (χ0n) is 22.0. The second-order valence-corrected chi connectivity index (χ2v) is 8.91. The average Bonchev–Trinajstić information content (AvgIpc) is 2.82. The highest BCUT2D eigenvalue weighted by atomic mass is 16.4. The molecule has 0 saturated heterocycles. The number of ketones is 1. The van der Waals surface area contributed by atoms with Gasteiger partial charge in [-0.2, -0.15) is 0 Å². The van der Waals surface area contributed by atoms with Crippen LogP contribution in [0.15, 0.2) is 0 Å². The summed E-state index contributed by atoms with van der Waals surface area (Å²) in [4.78, 5) is 72.4. The molecule has 0 aliphatic carbocycles. The Morgan fingerprint density at radius 1 is 0.972 bits per heavy atom. The van der Waals surface area contributed by atoms with Crippen molar-refractivity contribution in [2.45, 2.75) is 108 Å². The molecule has 0 saturated carbocycles. The molecule has 0 bridgehead atoms.